The van der Waals surface area contributed by atoms with Gasteiger partial charge in [0.25, 0.3) is 5.91 Å². The van der Waals surface area contributed by atoms with Crippen LogP contribution in [0.3, 0.4) is 0 Å². The standard InChI is InChI=1S/C21H22N4O4/c1-3-23-14-8-4-5-9-15(14)25(21(23)28)13-19(26)24-12-18(20(27)22-2)29-17-11-7-6-10-16(17)24/h4-11,18H,3,12-13H2,1-2H3,(H,22,27). The molecule has 2 amide bonds. The van der Waals surface area contributed by atoms with Gasteiger partial charge >= 0.3 is 5.69 Å². The Morgan fingerprint density at radius 3 is 2.41 bits per heavy atom. The molecule has 1 aromatic heterocycles. The molecule has 150 valence electrons. The van der Waals surface area contributed by atoms with Gasteiger partial charge < -0.3 is 15.0 Å². The van der Waals surface area contributed by atoms with Crippen LogP contribution in [-0.2, 0) is 22.7 Å². The summed E-state index contributed by atoms with van der Waals surface area (Å²) in [5, 5.41) is 2.56. The van der Waals surface area contributed by atoms with E-state index in [0.29, 0.717) is 23.5 Å². The van der Waals surface area contributed by atoms with E-state index in [0.717, 1.165) is 5.52 Å². The number of ether oxygens (including phenoxy) is 1. The van der Waals surface area contributed by atoms with E-state index >= 15 is 0 Å². The van der Waals surface area contributed by atoms with Crippen LogP contribution < -0.4 is 20.6 Å². The Kier molecular flexibility index (Phi) is 4.84. The van der Waals surface area contributed by atoms with E-state index in [1.54, 1.807) is 28.8 Å². The lowest BCUT2D eigenvalue weighted by atomic mass is 10.1. The topological polar surface area (TPSA) is 85.6 Å². The molecular weight excluding hydrogens is 372 g/mol. The molecule has 0 bridgehead atoms. The maximum Gasteiger partial charge on any atom is 0.329 e. The molecular formula is C21H22N4O4. The van der Waals surface area contributed by atoms with Gasteiger partial charge in [-0.15, -0.1) is 0 Å². The van der Waals surface area contributed by atoms with Crippen molar-refractivity contribution in [3.63, 3.8) is 0 Å². The van der Waals surface area contributed by atoms with Crippen molar-refractivity contribution in [2.75, 3.05) is 18.5 Å². The molecule has 0 saturated carbocycles. The Morgan fingerprint density at radius 2 is 1.72 bits per heavy atom. The summed E-state index contributed by atoms with van der Waals surface area (Å²) >= 11 is 0. The molecule has 29 heavy (non-hydrogen) atoms. The number of rotatable bonds is 4. The number of carbonyl (C=O) groups is 2. The molecule has 8 nitrogen and oxygen atoms in total. The van der Waals surface area contributed by atoms with Crippen LogP contribution in [0, 0.1) is 0 Å². The van der Waals surface area contributed by atoms with E-state index in [2.05, 4.69) is 5.32 Å². The zero-order chi connectivity index (χ0) is 20.5. The molecule has 0 saturated heterocycles. The number of para-hydroxylation sites is 4. The van der Waals surface area contributed by atoms with Gasteiger partial charge in [-0.3, -0.25) is 18.7 Å². The third kappa shape index (κ3) is 3.16. The summed E-state index contributed by atoms with van der Waals surface area (Å²) in [7, 11) is 1.53. The minimum absolute atomic E-state index is 0.0800. The Hall–Kier alpha value is -3.55. The molecule has 2 heterocycles. The summed E-state index contributed by atoms with van der Waals surface area (Å²) in [6.07, 6.45) is -0.812. The van der Waals surface area contributed by atoms with Crippen molar-refractivity contribution in [3.8, 4) is 5.75 Å². The molecule has 0 spiro atoms. The number of hydrogen-bond donors (Lipinski definition) is 1. The van der Waals surface area contributed by atoms with Gasteiger partial charge in [0.05, 0.1) is 23.3 Å². The second-order valence-electron chi connectivity index (χ2n) is 6.79. The molecule has 2 aromatic carbocycles. The van der Waals surface area contributed by atoms with Crippen LogP contribution in [0.4, 0.5) is 5.69 Å². The second-order valence-corrected chi connectivity index (χ2v) is 6.79. The third-order valence-corrected chi connectivity index (χ3v) is 5.15. The van der Waals surface area contributed by atoms with Crippen LogP contribution in [0.1, 0.15) is 6.92 Å². The quantitative estimate of drug-likeness (QED) is 0.724. The number of anilines is 1. The van der Waals surface area contributed by atoms with Gasteiger partial charge in [0.1, 0.15) is 12.3 Å². The zero-order valence-corrected chi connectivity index (χ0v) is 16.3. The number of likely N-dealkylation sites (N-methyl/N-ethyl adjacent to an activating group) is 1. The largest absolute Gasteiger partial charge is 0.477 e. The first kappa shape index (κ1) is 18.8. The second kappa shape index (κ2) is 7.46. The number of nitrogens with zero attached hydrogens (tertiary/aromatic N) is 3. The van der Waals surface area contributed by atoms with Crippen molar-refractivity contribution < 1.29 is 14.3 Å². The van der Waals surface area contributed by atoms with Crippen LogP contribution in [0.5, 0.6) is 5.75 Å². The molecule has 1 unspecified atom stereocenters. The number of amides is 2. The normalized spacial score (nSPS) is 15.7. The maximum absolute atomic E-state index is 13.2. The molecule has 8 heteroatoms. The highest BCUT2D eigenvalue weighted by molar-refractivity contribution is 5.97. The molecule has 4 rings (SSSR count). The van der Waals surface area contributed by atoms with Crippen molar-refractivity contribution in [2.24, 2.45) is 0 Å². The smallest absolute Gasteiger partial charge is 0.329 e. The predicted octanol–water partition coefficient (Wildman–Crippen LogP) is 1.36. The summed E-state index contributed by atoms with van der Waals surface area (Å²) in [4.78, 5) is 39.8. The van der Waals surface area contributed by atoms with Crippen molar-refractivity contribution in [1.82, 2.24) is 14.5 Å². The van der Waals surface area contributed by atoms with E-state index in [1.807, 2.05) is 31.2 Å². The lowest BCUT2D eigenvalue weighted by Crippen LogP contribution is -2.51. The molecule has 0 aliphatic carbocycles. The number of nitrogens with one attached hydrogen (secondary N) is 1. The summed E-state index contributed by atoms with van der Waals surface area (Å²) in [6, 6.07) is 14.5. The molecule has 3 aromatic rings. The average Bonchev–Trinajstić information content (AvgIpc) is 3.03. The highest BCUT2D eigenvalue weighted by atomic mass is 16.5. The van der Waals surface area contributed by atoms with E-state index in [1.165, 1.54) is 16.5 Å². The average molecular weight is 394 g/mol. The van der Waals surface area contributed by atoms with E-state index < -0.39 is 6.10 Å². The minimum Gasteiger partial charge on any atom is -0.477 e. The van der Waals surface area contributed by atoms with Crippen LogP contribution in [0.25, 0.3) is 11.0 Å². The fourth-order valence-electron chi connectivity index (χ4n) is 3.72. The predicted molar refractivity (Wildman–Crippen MR) is 109 cm³/mol. The van der Waals surface area contributed by atoms with E-state index in [4.69, 9.17) is 4.74 Å². The first-order valence-electron chi connectivity index (χ1n) is 9.50. The number of aryl methyl sites for hydroxylation is 1. The number of hydrogen-bond acceptors (Lipinski definition) is 4. The summed E-state index contributed by atoms with van der Waals surface area (Å²) in [5.74, 6) is -0.128. The first-order valence-corrected chi connectivity index (χ1v) is 9.50. The van der Waals surface area contributed by atoms with Gasteiger partial charge in [-0.2, -0.15) is 0 Å². The monoisotopic (exact) mass is 394 g/mol. The molecule has 1 atom stereocenters. The number of benzene rings is 2. The van der Waals surface area contributed by atoms with Crippen molar-refractivity contribution in [1.29, 1.82) is 0 Å². The minimum atomic E-state index is -0.812. The van der Waals surface area contributed by atoms with Crippen molar-refractivity contribution in [2.45, 2.75) is 26.1 Å². The van der Waals surface area contributed by atoms with Gasteiger partial charge in [0.2, 0.25) is 5.91 Å². The fourth-order valence-corrected chi connectivity index (χ4v) is 3.72. The van der Waals surface area contributed by atoms with E-state index in [-0.39, 0.29) is 30.6 Å². The Morgan fingerprint density at radius 1 is 1.07 bits per heavy atom. The van der Waals surface area contributed by atoms with Crippen LogP contribution in [0.15, 0.2) is 53.3 Å². The molecule has 0 fully saturated rings. The third-order valence-electron chi connectivity index (χ3n) is 5.15. The lowest BCUT2D eigenvalue weighted by molar-refractivity contribution is -0.128. The van der Waals surface area contributed by atoms with Gasteiger partial charge in [0, 0.05) is 13.6 Å². The Labute approximate surface area is 167 Å². The van der Waals surface area contributed by atoms with Gasteiger partial charge in [0.15, 0.2) is 6.10 Å². The van der Waals surface area contributed by atoms with Gasteiger partial charge in [-0.05, 0) is 31.2 Å². The number of fused-ring (bicyclic) bond motifs is 2. The fraction of sp³-hybridized carbons (Fsp3) is 0.286. The van der Waals surface area contributed by atoms with E-state index in [9.17, 15) is 14.4 Å². The summed E-state index contributed by atoms with van der Waals surface area (Å²) < 4.78 is 8.87. The summed E-state index contributed by atoms with van der Waals surface area (Å²) in [5.41, 5.74) is 1.85. The van der Waals surface area contributed by atoms with Gasteiger partial charge in [-0.1, -0.05) is 24.3 Å². The Balaban J connectivity index is 1.72. The maximum atomic E-state index is 13.2. The molecule has 1 aliphatic rings. The highest BCUT2D eigenvalue weighted by Gasteiger charge is 2.33. The number of aromatic nitrogens is 2. The summed E-state index contributed by atoms with van der Waals surface area (Å²) in [6.45, 7) is 2.36. The van der Waals surface area contributed by atoms with Crippen LogP contribution in [0.2, 0.25) is 0 Å². The lowest BCUT2D eigenvalue weighted by Gasteiger charge is -2.34. The van der Waals surface area contributed by atoms with Crippen LogP contribution >= 0.6 is 0 Å². The first-order chi connectivity index (χ1) is 14.0. The number of carbonyl (C=O) groups excluding carboxylic acids is 2. The Bertz CT molecular complexity index is 1150. The number of imidazole rings is 1. The SMILES string of the molecule is CCn1c(=O)n(CC(=O)N2CC(C(=O)NC)Oc3ccccc32)c2ccccc21. The van der Waals surface area contributed by atoms with Gasteiger partial charge in [-0.25, -0.2) is 4.79 Å². The van der Waals surface area contributed by atoms with Crippen LogP contribution in [-0.4, -0.2) is 40.6 Å². The molecule has 0 radical (unpaired) electrons. The highest BCUT2D eigenvalue weighted by Crippen LogP contribution is 2.33. The zero-order valence-electron chi connectivity index (χ0n) is 16.3. The molecule has 1 N–H and O–H groups in total. The molecule has 1 aliphatic heterocycles. The van der Waals surface area contributed by atoms with Crippen molar-refractivity contribution >= 4 is 28.5 Å². The van der Waals surface area contributed by atoms with Crippen molar-refractivity contribution in [3.05, 3.63) is 59.0 Å².